The predicted octanol–water partition coefficient (Wildman–Crippen LogP) is 2.15. The summed E-state index contributed by atoms with van der Waals surface area (Å²) in [5.41, 5.74) is 2.12. The van der Waals surface area contributed by atoms with Crippen LogP contribution >= 0.6 is 0 Å². The summed E-state index contributed by atoms with van der Waals surface area (Å²) in [5.74, 6) is -0.347. The average Bonchev–Trinajstić information content (AvgIpc) is 2.40. The summed E-state index contributed by atoms with van der Waals surface area (Å²) in [7, 11) is 0. The maximum Gasteiger partial charge on any atom is 0.339 e. The van der Waals surface area contributed by atoms with Crippen molar-refractivity contribution in [2.75, 3.05) is 11.9 Å². The summed E-state index contributed by atoms with van der Waals surface area (Å²) in [6.07, 6.45) is 0.752. The standard InChI is InChI=1S/C15H17N3O3/c1-9-13(14(20)21)10(2)18-15(17-9)16-8-7-11-3-5-12(19)6-4-11/h3-6,19H,7-8H2,1-2H3,(H,20,21)(H,16,17,18). The summed E-state index contributed by atoms with van der Waals surface area (Å²) in [6, 6.07) is 6.98. The zero-order chi connectivity index (χ0) is 15.4. The molecule has 0 fully saturated rings. The second kappa shape index (κ2) is 6.21. The number of nitrogens with one attached hydrogen (secondary N) is 1. The van der Waals surface area contributed by atoms with E-state index in [9.17, 15) is 9.90 Å². The number of carbonyl (C=O) groups is 1. The van der Waals surface area contributed by atoms with Crippen LogP contribution in [0.3, 0.4) is 0 Å². The van der Waals surface area contributed by atoms with Crippen LogP contribution in [0.4, 0.5) is 5.95 Å². The highest BCUT2D eigenvalue weighted by Crippen LogP contribution is 2.13. The normalized spacial score (nSPS) is 10.4. The topological polar surface area (TPSA) is 95.3 Å². The number of aromatic carboxylic acids is 1. The molecule has 0 spiro atoms. The molecule has 0 aliphatic carbocycles. The van der Waals surface area contributed by atoms with E-state index in [1.165, 1.54) is 0 Å². The molecule has 2 aromatic rings. The second-order valence-electron chi connectivity index (χ2n) is 4.74. The van der Waals surface area contributed by atoms with Gasteiger partial charge in [0.1, 0.15) is 11.3 Å². The van der Waals surface area contributed by atoms with E-state index in [-0.39, 0.29) is 11.3 Å². The van der Waals surface area contributed by atoms with E-state index in [4.69, 9.17) is 5.11 Å². The van der Waals surface area contributed by atoms with Crippen LogP contribution < -0.4 is 5.32 Å². The zero-order valence-electron chi connectivity index (χ0n) is 11.9. The lowest BCUT2D eigenvalue weighted by molar-refractivity contribution is 0.0694. The first-order chi connectivity index (χ1) is 9.97. The molecule has 0 amide bonds. The van der Waals surface area contributed by atoms with Crippen LogP contribution in [0.15, 0.2) is 24.3 Å². The fourth-order valence-corrected chi connectivity index (χ4v) is 2.09. The Morgan fingerprint density at radius 1 is 1.14 bits per heavy atom. The summed E-state index contributed by atoms with van der Waals surface area (Å²) >= 11 is 0. The molecule has 1 heterocycles. The molecule has 21 heavy (non-hydrogen) atoms. The maximum absolute atomic E-state index is 11.1. The third kappa shape index (κ3) is 3.68. The molecule has 1 aromatic carbocycles. The molecule has 1 aromatic heterocycles. The van der Waals surface area contributed by atoms with E-state index in [2.05, 4.69) is 15.3 Å². The van der Waals surface area contributed by atoms with E-state index < -0.39 is 5.97 Å². The first-order valence-corrected chi connectivity index (χ1v) is 6.57. The number of phenols is 1. The third-order valence-corrected chi connectivity index (χ3v) is 3.12. The molecule has 2 rings (SSSR count). The number of aromatic nitrogens is 2. The number of hydrogen-bond acceptors (Lipinski definition) is 5. The van der Waals surface area contributed by atoms with Gasteiger partial charge in [0.25, 0.3) is 0 Å². The van der Waals surface area contributed by atoms with Gasteiger partial charge >= 0.3 is 5.97 Å². The van der Waals surface area contributed by atoms with Gasteiger partial charge < -0.3 is 15.5 Å². The van der Waals surface area contributed by atoms with Crippen LogP contribution in [-0.4, -0.2) is 32.7 Å². The van der Waals surface area contributed by atoms with Gasteiger partial charge in [0.05, 0.1) is 11.4 Å². The minimum Gasteiger partial charge on any atom is -0.508 e. The Balaban J connectivity index is 2.00. The minimum absolute atomic E-state index is 0.152. The highest BCUT2D eigenvalue weighted by molar-refractivity contribution is 5.90. The average molecular weight is 287 g/mol. The molecule has 6 heteroatoms. The Kier molecular flexibility index (Phi) is 4.37. The van der Waals surface area contributed by atoms with E-state index in [0.717, 1.165) is 12.0 Å². The maximum atomic E-state index is 11.1. The number of carboxylic acid groups (broad SMARTS) is 1. The Hall–Kier alpha value is -2.63. The Bertz CT molecular complexity index is 631. The molecule has 0 aliphatic rings. The zero-order valence-corrected chi connectivity index (χ0v) is 11.9. The number of hydrogen-bond donors (Lipinski definition) is 3. The summed E-state index contributed by atoms with van der Waals surface area (Å²) in [5, 5.41) is 21.3. The molecule has 3 N–H and O–H groups in total. The number of rotatable bonds is 5. The van der Waals surface area contributed by atoms with Gasteiger partial charge in [0.2, 0.25) is 5.95 Å². The number of nitrogens with zero attached hydrogens (tertiary/aromatic N) is 2. The number of aryl methyl sites for hydroxylation is 2. The minimum atomic E-state index is -1.01. The largest absolute Gasteiger partial charge is 0.508 e. The van der Waals surface area contributed by atoms with Gasteiger partial charge in [-0.25, -0.2) is 14.8 Å². The van der Waals surface area contributed by atoms with Gasteiger partial charge in [-0.15, -0.1) is 0 Å². The lowest BCUT2D eigenvalue weighted by atomic mass is 10.1. The third-order valence-electron chi connectivity index (χ3n) is 3.12. The molecular weight excluding hydrogens is 270 g/mol. The second-order valence-corrected chi connectivity index (χ2v) is 4.74. The van der Waals surface area contributed by atoms with Gasteiger partial charge in [-0.3, -0.25) is 0 Å². The number of benzene rings is 1. The van der Waals surface area contributed by atoms with Crippen molar-refractivity contribution in [1.29, 1.82) is 0 Å². The molecule has 0 atom stereocenters. The number of phenolic OH excluding ortho intramolecular Hbond substituents is 1. The molecular formula is C15H17N3O3. The summed E-state index contributed by atoms with van der Waals surface area (Å²) in [6.45, 7) is 3.93. The molecule has 0 bridgehead atoms. The van der Waals surface area contributed by atoms with Crippen LogP contribution in [0.5, 0.6) is 5.75 Å². The van der Waals surface area contributed by atoms with Gasteiger partial charge in [0, 0.05) is 6.54 Å². The summed E-state index contributed by atoms with van der Waals surface area (Å²) in [4.78, 5) is 19.4. The molecule has 6 nitrogen and oxygen atoms in total. The molecule has 0 radical (unpaired) electrons. The van der Waals surface area contributed by atoms with Crippen LogP contribution in [0.25, 0.3) is 0 Å². The lowest BCUT2D eigenvalue weighted by Crippen LogP contribution is -2.13. The fourth-order valence-electron chi connectivity index (χ4n) is 2.09. The van der Waals surface area contributed by atoms with Crippen molar-refractivity contribution in [2.45, 2.75) is 20.3 Å². The SMILES string of the molecule is Cc1nc(NCCc2ccc(O)cc2)nc(C)c1C(=O)O. The van der Waals surface area contributed by atoms with Gasteiger partial charge in [0.15, 0.2) is 0 Å². The van der Waals surface area contributed by atoms with Crippen molar-refractivity contribution in [3.63, 3.8) is 0 Å². The van der Waals surface area contributed by atoms with E-state index in [1.807, 2.05) is 12.1 Å². The van der Waals surface area contributed by atoms with Crippen LogP contribution in [0, 0.1) is 13.8 Å². The van der Waals surface area contributed by atoms with Crippen molar-refractivity contribution in [1.82, 2.24) is 9.97 Å². The number of carboxylic acids is 1. The molecule has 0 unspecified atom stereocenters. The van der Waals surface area contributed by atoms with Gasteiger partial charge in [-0.2, -0.15) is 0 Å². The van der Waals surface area contributed by atoms with Crippen molar-refractivity contribution in [3.05, 3.63) is 46.8 Å². The lowest BCUT2D eigenvalue weighted by Gasteiger charge is -2.09. The monoisotopic (exact) mass is 287 g/mol. The van der Waals surface area contributed by atoms with Crippen LogP contribution in [0.2, 0.25) is 0 Å². The summed E-state index contributed by atoms with van der Waals surface area (Å²) < 4.78 is 0. The fraction of sp³-hybridized carbons (Fsp3) is 0.267. The highest BCUT2D eigenvalue weighted by Gasteiger charge is 2.14. The Morgan fingerprint density at radius 3 is 2.24 bits per heavy atom. The van der Waals surface area contributed by atoms with E-state index in [0.29, 0.717) is 23.9 Å². The smallest absolute Gasteiger partial charge is 0.339 e. The highest BCUT2D eigenvalue weighted by atomic mass is 16.4. The van der Waals surface area contributed by atoms with E-state index in [1.54, 1.807) is 26.0 Å². The Morgan fingerprint density at radius 2 is 1.71 bits per heavy atom. The first kappa shape index (κ1) is 14.8. The number of anilines is 1. The molecule has 0 saturated carbocycles. The van der Waals surface area contributed by atoms with Crippen molar-refractivity contribution in [3.8, 4) is 5.75 Å². The van der Waals surface area contributed by atoms with E-state index >= 15 is 0 Å². The number of aromatic hydroxyl groups is 1. The van der Waals surface area contributed by atoms with Gasteiger partial charge in [-0.1, -0.05) is 12.1 Å². The van der Waals surface area contributed by atoms with Crippen molar-refractivity contribution < 1.29 is 15.0 Å². The molecule has 0 aliphatic heterocycles. The van der Waals surface area contributed by atoms with Crippen molar-refractivity contribution in [2.24, 2.45) is 0 Å². The molecule has 110 valence electrons. The van der Waals surface area contributed by atoms with Gasteiger partial charge in [-0.05, 0) is 38.0 Å². The molecule has 0 saturated heterocycles. The predicted molar refractivity (Wildman–Crippen MR) is 78.8 cm³/mol. The van der Waals surface area contributed by atoms with Crippen LogP contribution in [-0.2, 0) is 6.42 Å². The van der Waals surface area contributed by atoms with Crippen LogP contribution in [0.1, 0.15) is 27.3 Å². The van der Waals surface area contributed by atoms with Crippen molar-refractivity contribution >= 4 is 11.9 Å². The first-order valence-electron chi connectivity index (χ1n) is 6.57. The Labute approximate surface area is 122 Å². The quantitative estimate of drug-likeness (QED) is 0.780.